The zero-order chi connectivity index (χ0) is 12.8. The van der Waals surface area contributed by atoms with Crippen molar-refractivity contribution >= 4 is 5.97 Å². The number of hydrogen-bond donors (Lipinski definition) is 0. The molecule has 101 valence electrons. The second-order valence-electron chi connectivity index (χ2n) is 4.49. The lowest BCUT2D eigenvalue weighted by Crippen LogP contribution is -2.12. The van der Waals surface area contributed by atoms with Gasteiger partial charge in [0.1, 0.15) is 0 Å². The molecule has 0 bridgehead atoms. The van der Waals surface area contributed by atoms with Crippen molar-refractivity contribution in [2.45, 2.75) is 78.1 Å². The fraction of sp³-hybridized carbons (Fsp3) is 0.929. The van der Waals surface area contributed by atoms with Gasteiger partial charge in [-0.05, 0) is 18.8 Å². The molecule has 0 aliphatic heterocycles. The minimum atomic E-state index is -0.185. The average Bonchev–Trinajstić information content (AvgIpc) is 2.34. The number of unbranched alkanes of at least 4 members (excludes halogenated alkanes) is 8. The predicted molar refractivity (Wildman–Crippen MR) is 70.6 cm³/mol. The minimum Gasteiger partial charge on any atom is -0.350 e. The Morgan fingerprint density at radius 3 is 1.94 bits per heavy atom. The van der Waals surface area contributed by atoms with Gasteiger partial charge in [-0.3, -0.25) is 4.79 Å². The van der Waals surface area contributed by atoms with Gasteiger partial charge < -0.3 is 4.84 Å². The molecule has 0 saturated heterocycles. The summed E-state index contributed by atoms with van der Waals surface area (Å²) in [5.74, 6) is -0.185. The summed E-state index contributed by atoms with van der Waals surface area (Å²) in [6.07, 6.45) is 11.9. The number of carbonyl (C=O) groups excluding carboxylic acids is 1. The largest absolute Gasteiger partial charge is 0.350 e. The van der Waals surface area contributed by atoms with E-state index in [0.717, 1.165) is 12.8 Å². The van der Waals surface area contributed by atoms with Gasteiger partial charge >= 0.3 is 5.97 Å². The molecule has 0 fully saturated rings. The van der Waals surface area contributed by atoms with E-state index < -0.39 is 0 Å². The van der Waals surface area contributed by atoms with Crippen LogP contribution in [-0.4, -0.2) is 12.5 Å². The van der Waals surface area contributed by atoms with Crippen molar-refractivity contribution in [2.75, 3.05) is 6.54 Å². The van der Waals surface area contributed by atoms with E-state index in [4.69, 9.17) is 0 Å². The third kappa shape index (κ3) is 13.4. The van der Waals surface area contributed by atoms with E-state index in [1.165, 1.54) is 44.9 Å². The van der Waals surface area contributed by atoms with Gasteiger partial charge in [-0.25, -0.2) is 0 Å². The lowest BCUT2D eigenvalue weighted by molar-refractivity contribution is -0.151. The van der Waals surface area contributed by atoms with E-state index in [9.17, 15) is 4.79 Å². The van der Waals surface area contributed by atoms with Crippen molar-refractivity contribution in [2.24, 2.45) is 0 Å². The first-order valence-corrected chi connectivity index (χ1v) is 7.17. The molecule has 1 radical (unpaired) electrons. The monoisotopic (exact) mass is 242 g/mol. The molecule has 0 amide bonds. The first kappa shape index (κ1) is 16.4. The highest BCUT2D eigenvalue weighted by Crippen LogP contribution is 2.10. The second kappa shape index (κ2) is 13.5. The van der Waals surface area contributed by atoms with Crippen LogP contribution in [0.2, 0.25) is 0 Å². The van der Waals surface area contributed by atoms with E-state index in [-0.39, 0.29) is 5.97 Å². The molecule has 0 spiro atoms. The fourth-order valence-electron chi connectivity index (χ4n) is 1.76. The van der Waals surface area contributed by atoms with Crippen LogP contribution in [0.3, 0.4) is 0 Å². The highest BCUT2D eigenvalue weighted by atomic mass is 16.7. The fourth-order valence-corrected chi connectivity index (χ4v) is 1.76. The smallest absolute Gasteiger partial charge is 0.327 e. The molecule has 0 aromatic heterocycles. The molecule has 0 N–H and O–H groups in total. The third-order valence-corrected chi connectivity index (χ3v) is 2.78. The summed E-state index contributed by atoms with van der Waals surface area (Å²) in [5, 5.41) is 0. The van der Waals surface area contributed by atoms with E-state index in [1.54, 1.807) is 0 Å². The summed E-state index contributed by atoms with van der Waals surface area (Å²) in [7, 11) is 0. The van der Waals surface area contributed by atoms with Crippen LogP contribution < -0.4 is 5.48 Å². The summed E-state index contributed by atoms with van der Waals surface area (Å²) in [6.45, 7) is 4.64. The predicted octanol–water partition coefficient (Wildman–Crippen LogP) is 3.99. The van der Waals surface area contributed by atoms with Crippen molar-refractivity contribution in [1.29, 1.82) is 0 Å². The van der Waals surface area contributed by atoms with Gasteiger partial charge in [0, 0.05) is 6.42 Å². The van der Waals surface area contributed by atoms with Crippen LogP contribution in [0.5, 0.6) is 0 Å². The Balaban J connectivity index is 3.05. The van der Waals surface area contributed by atoms with E-state index in [1.807, 2.05) is 6.92 Å². The number of hydroxylamine groups is 1. The number of carbonyl (C=O) groups is 1. The molecule has 3 nitrogen and oxygen atoms in total. The molecule has 3 heteroatoms. The Hall–Kier alpha value is -0.570. The highest BCUT2D eigenvalue weighted by molar-refractivity contribution is 5.68. The van der Waals surface area contributed by atoms with Crippen molar-refractivity contribution in [1.82, 2.24) is 5.48 Å². The lowest BCUT2D eigenvalue weighted by Gasteiger charge is -2.02. The Bertz CT molecular complexity index is 172. The van der Waals surface area contributed by atoms with Crippen molar-refractivity contribution in [3.63, 3.8) is 0 Å². The topological polar surface area (TPSA) is 40.4 Å². The Morgan fingerprint density at radius 1 is 0.882 bits per heavy atom. The Labute approximate surface area is 106 Å². The number of nitrogens with zero attached hydrogens (tertiary/aromatic N) is 1. The van der Waals surface area contributed by atoms with Gasteiger partial charge in [0.05, 0.1) is 6.54 Å². The summed E-state index contributed by atoms with van der Waals surface area (Å²) < 4.78 is 0. The Morgan fingerprint density at radius 2 is 1.41 bits per heavy atom. The standard InChI is InChI=1S/C14H28NO2/c1-3-5-6-7-8-9-10-11-12-13-14(16)17-15-4-2/h3-13H2,1-2H3. The molecule has 17 heavy (non-hydrogen) atoms. The minimum absolute atomic E-state index is 0.185. The SMILES string of the molecule is CCCCCCCCCCCC(=O)O[N]CC. The van der Waals surface area contributed by atoms with E-state index >= 15 is 0 Å². The first-order valence-electron chi connectivity index (χ1n) is 7.17. The third-order valence-electron chi connectivity index (χ3n) is 2.78. The molecule has 0 aliphatic rings. The molecular formula is C14H28NO2. The summed E-state index contributed by atoms with van der Waals surface area (Å²) in [6, 6.07) is 0. The lowest BCUT2D eigenvalue weighted by atomic mass is 10.1. The van der Waals surface area contributed by atoms with Crippen LogP contribution in [0, 0.1) is 0 Å². The molecule has 0 saturated carbocycles. The van der Waals surface area contributed by atoms with E-state index in [0.29, 0.717) is 13.0 Å². The number of rotatable bonds is 12. The first-order chi connectivity index (χ1) is 8.31. The maximum absolute atomic E-state index is 11.1. The van der Waals surface area contributed by atoms with Crippen LogP contribution in [0.1, 0.15) is 78.1 Å². The zero-order valence-corrected chi connectivity index (χ0v) is 11.5. The van der Waals surface area contributed by atoms with Crippen LogP contribution >= 0.6 is 0 Å². The average molecular weight is 242 g/mol. The Kier molecular flexibility index (Phi) is 13.0. The summed E-state index contributed by atoms with van der Waals surface area (Å²) in [5.41, 5.74) is 3.58. The number of hydrogen-bond acceptors (Lipinski definition) is 2. The van der Waals surface area contributed by atoms with Crippen LogP contribution in [0.25, 0.3) is 0 Å². The van der Waals surface area contributed by atoms with Gasteiger partial charge in [-0.2, -0.15) is 0 Å². The molecule has 0 aliphatic carbocycles. The molecule has 0 unspecified atom stereocenters. The van der Waals surface area contributed by atoms with Crippen molar-refractivity contribution in [3.8, 4) is 0 Å². The van der Waals surface area contributed by atoms with Gasteiger partial charge in [0.25, 0.3) is 0 Å². The zero-order valence-electron chi connectivity index (χ0n) is 11.5. The normalized spacial score (nSPS) is 10.5. The van der Waals surface area contributed by atoms with Crippen molar-refractivity contribution < 1.29 is 9.63 Å². The summed E-state index contributed by atoms with van der Waals surface area (Å²) >= 11 is 0. The highest BCUT2D eigenvalue weighted by Gasteiger charge is 2.02. The maximum atomic E-state index is 11.1. The van der Waals surface area contributed by atoms with Crippen LogP contribution in [0.15, 0.2) is 0 Å². The van der Waals surface area contributed by atoms with Gasteiger partial charge in [0.2, 0.25) is 0 Å². The molecule has 0 aromatic carbocycles. The molecular weight excluding hydrogens is 214 g/mol. The second-order valence-corrected chi connectivity index (χ2v) is 4.49. The molecule has 0 heterocycles. The molecule has 0 atom stereocenters. The van der Waals surface area contributed by atoms with Crippen LogP contribution in [0.4, 0.5) is 0 Å². The van der Waals surface area contributed by atoms with Gasteiger partial charge in [-0.1, -0.05) is 58.3 Å². The summed E-state index contributed by atoms with van der Waals surface area (Å²) in [4.78, 5) is 15.7. The van der Waals surface area contributed by atoms with Gasteiger partial charge in [0.15, 0.2) is 0 Å². The van der Waals surface area contributed by atoms with Crippen LogP contribution in [-0.2, 0) is 9.63 Å². The quantitative estimate of drug-likeness (QED) is 0.383. The van der Waals surface area contributed by atoms with Gasteiger partial charge in [-0.15, -0.1) is 0 Å². The molecule has 0 aromatic rings. The maximum Gasteiger partial charge on any atom is 0.327 e. The molecule has 0 rings (SSSR count). The van der Waals surface area contributed by atoms with Crippen molar-refractivity contribution in [3.05, 3.63) is 0 Å². The van der Waals surface area contributed by atoms with E-state index in [2.05, 4.69) is 17.2 Å².